The Morgan fingerprint density at radius 1 is 1.30 bits per heavy atom. The Labute approximate surface area is 124 Å². The molecule has 2 aromatic heterocycles. The van der Waals surface area contributed by atoms with E-state index >= 15 is 0 Å². The van der Waals surface area contributed by atoms with Crippen molar-refractivity contribution in [1.29, 1.82) is 0 Å². The highest BCUT2D eigenvalue weighted by Crippen LogP contribution is 2.32. The summed E-state index contributed by atoms with van der Waals surface area (Å²) in [4.78, 5) is 18.1. The molecular formula is C15H10ClNO2S. The summed E-state index contributed by atoms with van der Waals surface area (Å²) in [6.45, 7) is 2.00. The van der Waals surface area contributed by atoms with Gasteiger partial charge in [0.1, 0.15) is 0 Å². The lowest BCUT2D eigenvalue weighted by Gasteiger charge is -2.06. The molecule has 2 heterocycles. The van der Waals surface area contributed by atoms with Crippen LogP contribution in [0, 0.1) is 6.92 Å². The third-order valence-electron chi connectivity index (χ3n) is 3.01. The first-order chi connectivity index (χ1) is 9.56. The smallest absolute Gasteiger partial charge is 0.336 e. The second-order valence-corrected chi connectivity index (χ2v) is 6.10. The number of carboxylic acid groups (broad SMARTS) is 1. The van der Waals surface area contributed by atoms with Gasteiger partial charge in [-0.3, -0.25) is 0 Å². The van der Waals surface area contributed by atoms with Crippen LogP contribution < -0.4 is 0 Å². The number of benzene rings is 1. The van der Waals surface area contributed by atoms with E-state index in [2.05, 4.69) is 4.98 Å². The fourth-order valence-corrected chi connectivity index (χ4v) is 3.13. The first kappa shape index (κ1) is 13.1. The number of pyridine rings is 1. The van der Waals surface area contributed by atoms with Gasteiger partial charge < -0.3 is 5.11 Å². The van der Waals surface area contributed by atoms with E-state index in [1.807, 2.05) is 19.1 Å². The number of rotatable bonds is 2. The molecule has 0 aliphatic carbocycles. The molecule has 1 aromatic carbocycles. The summed E-state index contributed by atoms with van der Waals surface area (Å²) in [5.41, 5.74) is 1.38. The second kappa shape index (κ2) is 4.89. The van der Waals surface area contributed by atoms with E-state index in [1.54, 1.807) is 35.6 Å². The summed E-state index contributed by atoms with van der Waals surface area (Å²) >= 11 is 7.72. The van der Waals surface area contributed by atoms with Crippen molar-refractivity contribution in [3.63, 3.8) is 0 Å². The van der Waals surface area contributed by atoms with E-state index in [9.17, 15) is 9.90 Å². The van der Waals surface area contributed by atoms with E-state index < -0.39 is 5.97 Å². The topological polar surface area (TPSA) is 50.2 Å². The van der Waals surface area contributed by atoms with Crippen LogP contribution in [0.3, 0.4) is 0 Å². The number of nitrogens with zero attached hydrogens (tertiary/aromatic N) is 1. The molecule has 0 aliphatic heterocycles. The van der Waals surface area contributed by atoms with Gasteiger partial charge >= 0.3 is 5.97 Å². The maximum Gasteiger partial charge on any atom is 0.336 e. The number of thiophene rings is 1. The highest BCUT2D eigenvalue weighted by molar-refractivity contribution is 7.15. The minimum absolute atomic E-state index is 0.221. The largest absolute Gasteiger partial charge is 0.478 e. The summed E-state index contributed by atoms with van der Waals surface area (Å²) in [7, 11) is 0. The van der Waals surface area contributed by atoms with Crippen LogP contribution >= 0.6 is 22.9 Å². The van der Waals surface area contributed by atoms with Crippen LogP contribution in [0.15, 0.2) is 36.4 Å². The van der Waals surface area contributed by atoms with Crippen molar-refractivity contribution in [2.75, 3.05) is 0 Å². The number of halogens is 1. The van der Waals surface area contributed by atoms with Crippen LogP contribution in [0.2, 0.25) is 5.02 Å². The van der Waals surface area contributed by atoms with Crippen LogP contribution in [0.4, 0.5) is 0 Å². The Hall–Kier alpha value is -1.91. The van der Waals surface area contributed by atoms with Crippen molar-refractivity contribution < 1.29 is 9.90 Å². The molecule has 3 nitrogen and oxygen atoms in total. The second-order valence-electron chi connectivity index (χ2n) is 4.41. The Balaban J connectivity index is 2.35. The van der Waals surface area contributed by atoms with Gasteiger partial charge in [-0.2, -0.15) is 0 Å². The van der Waals surface area contributed by atoms with E-state index in [4.69, 9.17) is 11.6 Å². The molecule has 0 radical (unpaired) electrons. The van der Waals surface area contributed by atoms with E-state index in [0.29, 0.717) is 21.6 Å². The number of hydrogen-bond acceptors (Lipinski definition) is 3. The molecule has 0 spiro atoms. The molecule has 0 saturated carbocycles. The summed E-state index contributed by atoms with van der Waals surface area (Å²) < 4.78 is 0. The first-order valence-corrected chi connectivity index (χ1v) is 7.15. The molecule has 0 bridgehead atoms. The van der Waals surface area contributed by atoms with Crippen molar-refractivity contribution in [1.82, 2.24) is 4.98 Å². The molecule has 0 unspecified atom stereocenters. The van der Waals surface area contributed by atoms with Gasteiger partial charge in [-0.15, -0.1) is 11.3 Å². The maximum absolute atomic E-state index is 11.4. The van der Waals surface area contributed by atoms with Gasteiger partial charge in [0.25, 0.3) is 0 Å². The molecule has 3 aromatic rings. The molecule has 5 heteroatoms. The molecule has 0 aliphatic rings. The quantitative estimate of drug-likeness (QED) is 0.751. The van der Waals surface area contributed by atoms with Crippen LogP contribution in [-0.4, -0.2) is 16.1 Å². The van der Waals surface area contributed by atoms with Crippen LogP contribution in [0.5, 0.6) is 0 Å². The van der Waals surface area contributed by atoms with Crippen molar-refractivity contribution >= 4 is 39.8 Å². The number of aryl methyl sites for hydroxylation is 1. The number of carbonyl (C=O) groups is 1. The lowest BCUT2D eigenvalue weighted by atomic mass is 10.1. The lowest BCUT2D eigenvalue weighted by Crippen LogP contribution is -2.00. The standard InChI is InChI=1S/C15H10ClNO2S/c1-8-5-6-13(20-8)12-7-10(15(18)19)9-3-2-4-11(16)14(9)17-12/h2-7H,1H3,(H,18,19). The number of para-hydroxylation sites is 1. The Bertz CT molecular complexity index is 826. The predicted molar refractivity (Wildman–Crippen MR) is 81.8 cm³/mol. The SMILES string of the molecule is Cc1ccc(-c2cc(C(=O)O)c3cccc(Cl)c3n2)s1. The zero-order valence-electron chi connectivity index (χ0n) is 10.6. The first-order valence-electron chi connectivity index (χ1n) is 5.95. The van der Waals surface area contributed by atoms with Gasteiger partial charge in [0.15, 0.2) is 0 Å². The Morgan fingerprint density at radius 2 is 2.10 bits per heavy atom. The average molecular weight is 304 g/mol. The molecular weight excluding hydrogens is 294 g/mol. The molecule has 20 heavy (non-hydrogen) atoms. The zero-order valence-corrected chi connectivity index (χ0v) is 12.1. The molecule has 0 saturated heterocycles. The highest BCUT2D eigenvalue weighted by atomic mass is 35.5. The van der Waals surface area contributed by atoms with Crippen molar-refractivity contribution in [3.8, 4) is 10.6 Å². The third-order valence-corrected chi connectivity index (χ3v) is 4.34. The zero-order chi connectivity index (χ0) is 14.3. The normalized spacial score (nSPS) is 10.9. The van der Waals surface area contributed by atoms with E-state index in [1.165, 1.54) is 0 Å². The van der Waals surface area contributed by atoms with Crippen LogP contribution in [-0.2, 0) is 0 Å². The number of aromatic carboxylic acids is 1. The van der Waals surface area contributed by atoms with Gasteiger partial charge in [-0.05, 0) is 31.2 Å². The lowest BCUT2D eigenvalue weighted by molar-refractivity contribution is 0.0699. The highest BCUT2D eigenvalue weighted by Gasteiger charge is 2.15. The van der Waals surface area contributed by atoms with Gasteiger partial charge in [0.05, 0.1) is 26.7 Å². The fourth-order valence-electron chi connectivity index (χ4n) is 2.09. The minimum Gasteiger partial charge on any atom is -0.478 e. The average Bonchev–Trinajstić information content (AvgIpc) is 2.85. The van der Waals surface area contributed by atoms with Gasteiger partial charge in [-0.1, -0.05) is 23.7 Å². The number of hydrogen-bond donors (Lipinski definition) is 1. The molecule has 0 fully saturated rings. The monoisotopic (exact) mass is 303 g/mol. The van der Waals surface area contributed by atoms with Crippen molar-refractivity contribution in [2.24, 2.45) is 0 Å². The van der Waals surface area contributed by atoms with Crippen LogP contribution in [0.25, 0.3) is 21.5 Å². The summed E-state index contributed by atoms with van der Waals surface area (Å²) in [6.07, 6.45) is 0. The van der Waals surface area contributed by atoms with Crippen molar-refractivity contribution in [2.45, 2.75) is 6.92 Å². The molecule has 0 atom stereocenters. The Morgan fingerprint density at radius 3 is 2.75 bits per heavy atom. The molecule has 100 valence electrons. The summed E-state index contributed by atoms with van der Waals surface area (Å²) in [5, 5.41) is 10.4. The molecule has 0 amide bonds. The Kier molecular flexibility index (Phi) is 3.20. The van der Waals surface area contributed by atoms with E-state index in [-0.39, 0.29) is 5.56 Å². The van der Waals surface area contributed by atoms with Gasteiger partial charge in [0, 0.05) is 10.3 Å². The number of carboxylic acids is 1. The van der Waals surface area contributed by atoms with E-state index in [0.717, 1.165) is 9.75 Å². The number of aromatic nitrogens is 1. The molecule has 1 N–H and O–H groups in total. The molecule has 3 rings (SSSR count). The maximum atomic E-state index is 11.4. The minimum atomic E-state index is -0.978. The fraction of sp³-hybridized carbons (Fsp3) is 0.0667. The van der Waals surface area contributed by atoms with Gasteiger partial charge in [-0.25, -0.2) is 9.78 Å². The van der Waals surface area contributed by atoms with Crippen molar-refractivity contribution in [3.05, 3.63) is 51.9 Å². The number of fused-ring (bicyclic) bond motifs is 1. The summed E-state index contributed by atoms with van der Waals surface area (Å²) in [6, 6.07) is 10.7. The predicted octanol–water partition coefficient (Wildman–Crippen LogP) is 4.62. The summed E-state index contributed by atoms with van der Waals surface area (Å²) in [5.74, 6) is -0.978. The van der Waals surface area contributed by atoms with Gasteiger partial charge in [0.2, 0.25) is 0 Å². The van der Waals surface area contributed by atoms with Crippen LogP contribution in [0.1, 0.15) is 15.2 Å². The third kappa shape index (κ3) is 2.17.